The molecule has 172 valence electrons. The lowest BCUT2D eigenvalue weighted by atomic mass is 10.1. The Kier molecular flexibility index (Phi) is 8.00. The summed E-state index contributed by atoms with van der Waals surface area (Å²) < 4.78 is 32.9. The van der Waals surface area contributed by atoms with Gasteiger partial charge in [-0.2, -0.15) is 4.31 Å². The van der Waals surface area contributed by atoms with Gasteiger partial charge in [0.1, 0.15) is 0 Å². The molecule has 9 heteroatoms. The molecule has 0 spiro atoms. The van der Waals surface area contributed by atoms with Gasteiger partial charge >= 0.3 is 0 Å². The van der Waals surface area contributed by atoms with E-state index in [4.69, 9.17) is 4.74 Å². The van der Waals surface area contributed by atoms with Crippen LogP contribution in [-0.2, 0) is 32.4 Å². The van der Waals surface area contributed by atoms with E-state index in [-0.39, 0.29) is 36.0 Å². The van der Waals surface area contributed by atoms with Gasteiger partial charge < -0.3 is 15.4 Å². The van der Waals surface area contributed by atoms with Crippen molar-refractivity contribution in [3.8, 4) is 0 Å². The first kappa shape index (κ1) is 23.9. The topological polar surface area (TPSA) is 105 Å². The fraction of sp³-hybridized carbons (Fsp3) is 0.391. The lowest BCUT2D eigenvalue weighted by Gasteiger charge is -2.27. The summed E-state index contributed by atoms with van der Waals surface area (Å²) in [5, 5.41) is 5.37. The second-order valence-corrected chi connectivity index (χ2v) is 9.34. The maximum Gasteiger partial charge on any atom is 0.251 e. The van der Waals surface area contributed by atoms with Crippen molar-refractivity contribution in [3.63, 3.8) is 0 Å². The highest BCUT2D eigenvalue weighted by atomic mass is 32.2. The van der Waals surface area contributed by atoms with Gasteiger partial charge in [0, 0.05) is 24.3 Å². The van der Waals surface area contributed by atoms with E-state index in [2.05, 4.69) is 10.6 Å². The maximum absolute atomic E-state index is 13.1. The third-order valence-corrected chi connectivity index (χ3v) is 7.36. The Balaban J connectivity index is 1.71. The number of amides is 2. The van der Waals surface area contributed by atoms with Gasteiger partial charge in [-0.3, -0.25) is 9.59 Å². The molecule has 1 aliphatic heterocycles. The molecule has 0 unspecified atom stereocenters. The zero-order chi connectivity index (χ0) is 23.1. The largest absolute Gasteiger partial charge is 0.379 e. The van der Waals surface area contributed by atoms with E-state index in [1.165, 1.54) is 10.4 Å². The van der Waals surface area contributed by atoms with Crippen LogP contribution in [0.25, 0.3) is 0 Å². The number of rotatable bonds is 8. The number of nitrogens with one attached hydrogen (secondary N) is 2. The first-order valence-electron chi connectivity index (χ1n) is 10.7. The van der Waals surface area contributed by atoms with Crippen molar-refractivity contribution < 1.29 is 22.7 Å². The van der Waals surface area contributed by atoms with E-state index >= 15 is 0 Å². The summed E-state index contributed by atoms with van der Waals surface area (Å²) in [6, 6.07) is 12.1. The lowest BCUT2D eigenvalue weighted by Crippen LogP contribution is -2.41. The summed E-state index contributed by atoms with van der Waals surface area (Å²) in [5.74, 6) is -0.865. The van der Waals surface area contributed by atoms with Gasteiger partial charge in [-0.15, -0.1) is 0 Å². The second-order valence-electron chi connectivity index (χ2n) is 7.43. The van der Waals surface area contributed by atoms with E-state index in [0.717, 1.165) is 12.0 Å². The number of carbonyl (C=O) groups excluding carboxylic acids is 2. The summed E-state index contributed by atoms with van der Waals surface area (Å²) in [6.07, 6.45) is 1.28. The number of hydrogen-bond donors (Lipinski definition) is 2. The first-order chi connectivity index (χ1) is 15.4. The van der Waals surface area contributed by atoms with Gasteiger partial charge in [0.05, 0.1) is 24.7 Å². The fourth-order valence-corrected chi connectivity index (χ4v) is 5.29. The van der Waals surface area contributed by atoms with Crippen molar-refractivity contribution in [2.24, 2.45) is 0 Å². The normalized spacial score (nSPS) is 14.7. The van der Waals surface area contributed by atoms with Crippen molar-refractivity contribution in [1.82, 2.24) is 9.62 Å². The Morgan fingerprint density at radius 2 is 1.69 bits per heavy atom. The minimum atomic E-state index is -3.75. The first-order valence-corrected chi connectivity index (χ1v) is 12.2. The monoisotopic (exact) mass is 459 g/mol. The maximum atomic E-state index is 13.1. The molecule has 2 aromatic carbocycles. The predicted octanol–water partition coefficient (Wildman–Crippen LogP) is 2.20. The van der Waals surface area contributed by atoms with E-state index in [1.54, 1.807) is 12.1 Å². The minimum Gasteiger partial charge on any atom is -0.379 e. The summed E-state index contributed by atoms with van der Waals surface area (Å²) in [4.78, 5) is 25.1. The van der Waals surface area contributed by atoms with Crippen LogP contribution in [0.1, 0.15) is 35.3 Å². The number of nitrogens with zero attached hydrogens (tertiary/aromatic N) is 1. The minimum absolute atomic E-state index is 0.121. The Morgan fingerprint density at radius 1 is 1.00 bits per heavy atom. The Labute approximate surface area is 189 Å². The van der Waals surface area contributed by atoms with Gasteiger partial charge in [-0.25, -0.2) is 8.42 Å². The molecular weight excluding hydrogens is 430 g/mol. The molecule has 1 aliphatic rings. The van der Waals surface area contributed by atoms with Gasteiger partial charge in [-0.05, 0) is 42.2 Å². The molecule has 0 aromatic heterocycles. The summed E-state index contributed by atoms with van der Waals surface area (Å²) in [5.41, 5.74) is 2.54. The van der Waals surface area contributed by atoms with Gasteiger partial charge in [0.2, 0.25) is 15.9 Å². The van der Waals surface area contributed by atoms with Crippen molar-refractivity contribution in [3.05, 3.63) is 59.2 Å². The third kappa shape index (κ3) is 5.53. The summed E-state index contributed by atoms with van der Waals surface area (Å²) in [6.45, 7) is 4.88. The van der Waals surface area contributed by atoms with Crippen LogP contribution in [-0.4, -0.2) is 57.4 Å². The van der Waals surface area contributed by atoms with Crippen LogP contribution in [0.3, 0.4) is 0 Å². The second kappa shape index (κ2) is 10.7. The molecule has 2 amide bonds. The Hall–Kier alpha value is -2.75. The number of ether oxygens (including phenoxy) is 1. The van der Waals surface area contributed by atoms with Crippen LogP contribution in [0, 0.1) is 0 Å². The quantitative estimate of drug-likeness (QED) is 0.630. The molecule has 2 aromatic rings. The number of aryl methyl sites for hydroxylation is 2. The van der Waals surface area contributed by atoms with Crippen LogP contribution < -0.4 is 10.6 Å². The predicted molar refractivity (Wildman–Crippen MR) is 122 cm³/mol. The molecule has 3 rings (SSSR count). The molecule has 1 heterocycles. The number of anilines is 1. The lowest BCUT2D eigenvalue weighted by molar-refractivity contribution is -0.115. The van der Waals surface area contributed by atoms with E-state index in [1.807, 2.05) is 38.1 Å². The van der Waals surface area contributed by atoms with Crippen LogP contribution in [0.2, 0.25) is 0 Å². The van der Waals surface area contributed by atoms with Crippen molar-refractivity contribution >= 4 is 27.5 Å². The average Bonchev–Trinajstić information content (AvgIpc) is 2.83. The highest BCUT2D eigenvalue weighted by molar-refractivity contribution is 7.89. The van der Waals surface area contributed by atoms with Crippen LogP contribution in [0.15, 0.2) is 47.4 Å². The molecule has 0 bridgehead atoms. The van der Waals surface area contributed by atoms with E-state index in [0.29, 0.717) is 30.9 Å². The van der Waals surface area contributed by atoms with E-state index < -0.39 is 15.9 Å². The number of para-hydroxylation sites is 1. The zero-order valence-electron chi connectivity index (χ0n) is 18.4. The highest BCUT2D eigenvalue weighted by Crippen LogP contribution is 2.23. The number of morpholine rings is 1. The molecule has 0 saturated carbocycles. The van der Waals surface area contributed by atoms with Crippen molar-refractivity contribution in [2.45, 2.75) is 31.6 Å². The van der Waals surface area contributed by atoms with E-state index in [9.17, 15) is 18.0 Å². The third-order valence-electron chi connectivity index (χ3n) is 5.38. The molecule has 1 fully saturated rings. The number of hydrogen-bond acceptors (Lipinski definition) is 5. The van der Waals surface area contributed by atoms with Gasteiger partial charge in [0.25, 0.3) is 5.91 Å². The molecule has 32 heavy (non-hydrogen) atoms. The molecule has 0 radical (unpaired) electrons. The SMILES string of the molecule is CCc1ccccc1NC(=O)CNC(=O)c1ccc(CC)c(S(=O)(=O)N2CCOCC2)c1. The highest BCUT2D eigenvalue weighted by Gasteiger charge is 2.29. The molecule has 1 saturated heterocycles. The number of benzene rings is 2. The smallest absolute Gasteiger partial charge is 0.251 e. The van der Waals surface area contributed by atoms with Gasteiger partial charge in [-0.1, -0.05) is 38.1 Å². The van der Waals surface area contributed by atoms with Gasteiger partial charge in [0.15, 0.2) is 0 Å². The van der Waals surface area contributed by atoms with Crippen LogP contribution in [0.5, 0.6) is 0 Å². The molecule has 2 N–H and O–H groups in total. The number of carbonyl (C=O) groups is 2. The van der Waals surface area contributed by atoms with Crippen LogP contribution in [0.4, 0.5) is 5.69 Å². The van der Waals surface area contributed by atoms with Crippen molar-refractivity contribution in [2.75, 3.05) is 38.2 Å². The van der Waals surface area contributed by atoms with Crippen LogP contribution >= 0.6 is 0 Å². The Morgan fingerprint density at radius 3 is 2.38 bits per heavy atom. The molecule has 0 aliphatic carbocycles. The average molecular weight is 460 g/mol. The molecule has 0 atom stereocenters. The molecular formula is C23H29N3O5S. The fourth-order valence-electron chi connectivity index (χ4n) is 3.56. The zero-order valence-corrected chi connectivity index (χ0v) is 19.2. The van der Waals surface area contributed by atoms with Crippen molar-refractivity contribution in [1.29, 1.82) is 0 Å². The number of sulfonamides is 1. The Bertz CT molecular complexity index is 1080. The summed E-state index contributed by atoms with van der Waals surface area (Å²) in [7, 11) is -3.75. The molecule has 8 nitrogen and oxygen atoms in total. The summed E-state index contributed by atoms with van der Waals surface area (Å²) >= 11 is 0. The standard InChI is InChI=1S/C23H29N3O5S/c1-3-17-7-5-6-8-20(17)25-22(27)16-24-23(28)19-10-9-18(4-2)21(15-19)32(29,30)26-11-13-31-14-12-26/h5-10,15H,3-4,11-14,16H2,1-2H3,(H,24,28)(H,25,27).